The molecule has 8 heteroatoms. The van der Waals surface area contributed by atoms with E-state index in [1.165, 1.54) is 4.31 Å². The van der Waals surface area contributed by atoms with Crippen molar-refractivity contribution in [3.8, 4) is 0 Å². The third-order valence-corrected chi connectivity index (χ3v) is 6.38. The van der Waals surface area contributed by atoms with E-state index < -0.39 is 16.0 Å². The summed E-state index contributed by atoms with van der Waals surface area (Å²) in [6.45, 7) is 1.46. The van der Waals surface area contributed by atoms with Crippen LogP contribution in [-0.2, 0) is 26.1 Å². The lowest BCUT2D eigenvalue weighted by Crippen LogP contribution is -2.40. The summed E-state index contributed by atoms with van der Waals surface area (Å²) in [5, 5.41) is 0. The normalized spacial score (nSPS) is 15.6. The maximum absolute atomic E-state index is 12.7. The molecule has 1 saturated heterocycles. The quantitative estimate of drug-likeness (QED) is 0.669. The molecule has 0 aliphatic carbocycles. The van der Waals surface area contributed by atoms with Gasteiger partial charge in [-0.1, -0.05) is 28.1 Å². The second-order valence-electron chi connectivity index (χ2n) is 5.75. The van der Waals surface area contributed by atoms with Gasteiger partial charge in [0.25, 0.3) is 0 Å². The zero-order valence-corrected chi connectivity index (χ0v) is 16.3. The van der Waals surface area contributed by atoms with Gasteiger partial charge in [0.15, 0.2) is 0 Å². The Kier molecular flexibility index (Phi) is 6.08. The topological polar surface area (TPSA) is 72.9 Å². The van der Waals surface area contributed by atoms with Crippen LogP contribution < -0.4 is 0 Å². The summed E-state index contributed by atoms with van der Waals surface area (Å²) >= 11 is 3.31. The second-order valence-corrected chi connectivity index (χ2v) is 8.60. The molecule has 0 saturated carbocycles. The van der Waals surface area contributed by atoms with Crippen LogP contribution in [0, 0.1) is 0 Å². The molecule has 0 radical (unpaired) electrons. The summed E-state index contributed by atoms with van der Waals surface area (Å²) in [6, 6.07) is 13.3. The standard InChI is InChI=1S/C18H18BrNO5S/c19-16-6-4-15(5-7-16)18(21)25-13-14-2-1-3-17(12-14)26(22,23)20-8-10-24-11-9-20/h1-7,12H,8-11,13H2. The molecule has 0 spiro atoms. The molecule has 6 nitrogen and oxygen atoms in total. The van der Waals surface area contributed by atoms with Gasteiger partial charge in [0.05, 0.1) is 23.7 Å². The highest BCUT2D eigenvalue weighted by Gasteiger charge is 2.26. The molecule has 0 bridgehead atoms. The fraction of sp³-hybridized carbons (Fsp3) is 0.278. The number of rotatable bonds is 5. The Morgan fingerprint density at radius 3 is 2.50 bits per heavy atom. The smallest absolute Gasteiger partial charge is 0.338 e. The summed E-state index contributed by atoms with van der Waals surface area (Å²) in [4.78, 5) is 12.3. The lowest BCUT2D eigenvalue weighted by molar-refractivity contribution is 0.0472. The first-order valence-corrected chi connectivity index (χ1v) is 10.3. The lowest BCUT2D eigenvalue weighted by atomic mass is 10.2. The van der Waals surface area contributed by atoms with Gasteiger partial charge in [-0.2, -0.15) is 4.31 Å². The average Bonchev–Trinajstić information content (AvgIpc) is 2.67. The van der Waals surface area contributed by atoms with Crippen molar-refractivity contribution in [2.75, 3.05) is 26.3 Å². The fourth-order valence-corrected chi connectivity index (χ4v) is 4.29. The maximum atomic E-state index is 12.7. The summed E-state index contributed by atoms with van der Waals surface area (Å²) < 4.78 is 38.1. The van der Waals surface area contributed by atoms with Crippen molar-refractivity contribution in [3.63, 3.8) is 0 Å². The molecule has 2 aromatic rings. The predicted octanol–water partition coefficient (Wildman–Crippen LogP) is 2.83. The molecule has 2 aromatic carbocycles. The van der Waals surface area contributed by atoms with Crippen molar-refractivity contribution in [3.05, 3.63) is 64.1 Å². The van der Waals surface area contributed by atoms with Crippen LogP contribution in [0.25, 0.3) is 0 Å². The summed E-state index contributed by atoms with van der Waals surface area (Å²) in [7, 11) is -3.57. The van der Waals surface area contributed by atoms with Crippen LogP contribution >= 0.6 is 15.9 Å². The number of halogens is 1. The molecule has 138 valence electrons. The monoisotopic (exact) mass is 439 g/mol. The number of esters is 1. The van der Waals surface area contributed by atoms with Crippen LogP contribution in [-0.4, -0.2) is 45.0 Å². The van der Waals surface area contributed by atoms with E-state index in [0.717, 1.165) is 4.47 Å². The minimum Gasteiger partial charge on any atom is -0.457 e. The molecular weight excluding hydrogens is 422 g/mol. The van der Waals surface area contributed by atoms with Crippen LogP contribution in [0.15, 0.2) is 57.9 Å². The number of carbonyl (C=O) groups excluding carboxylic acids is 1. The number of sulfonamides is 1. The highest BCUT2D eigenvalue weighted by atomic mass is 79.9. The molecule has 0 amide bonds. The number of hydrogen-bond donors (Lipinski definition) is 0. The first-order valence-electron chi connectivity index (χ1n) is 8.06. The minimum absolute atomic E-state index is 0.00136. The van der Waals surface area contributed by atoms with Gasteiger partial charge in [0, 0.05) is 17.6 Å². The number of morpholine rings is 1. The van der Waals surface area contributed by atoms with Crippen LogP contribution in [0.4, 0.5) is 0 Å². The van der Waals surface area contributed by atoms with Gasteiger partial charge in [0.1, 0.15) is 6.61 Å². The Morgan fingerprint density at radius 2 is 1.81 bits per heavy atom. The van der Waals surface area contributed by atoms with Crippen molar-refractivity contribution in [1.29, 1.82) is 0 Å². The summed E-state index contributed by atoms with van der Waals surface area (Å²) in [6.07, 6.45) is 0. The second kappa shape index (κ2) is 8.30. The average molecular weight is 440 g/mol. The largest absolute Gasteiger partial charge is 0.457 e. The van der Waals surface area contributed by atoms with Crippen LogP contribution in [0.2, 0.25) is 0 Å². The number of benzene rings is 2. The van der Waals surface area contributed by atoms with E-state index in [2.05, 4.69) is 15.9 Å². The molecule has 1 fully saturated rings. The van der Waals surface area contributed by atoms with E-state index >= 15 is 0 Å². The van der Waals surface area contributed by atoms with Crippen LogP contribution in [0.1, 0.15) is 15.9 Å². The van der Waals surface area contributed by atoms with Crippen molar-refractivity contribution < 1.29 is 22.7 Å². The Morgan fingerprint density at radius 1 is 1.12 bits per heavy atom. The van der Waals surface area contributed by atoms with Gasteiger partial charge in [0.2, 0.25) is 10.0 Å². The molecule has 1 aliphatic heterocycles. The fourth-order valence-electron chi connectivity index (χ4n) is 2.55. The number of ether oxygens (including phenoxy) is 2. The zero-order valence-electron chi connectivity index (χ0n) is 13.9. The van der Waals surface area contributed by atoms with Gasteiger partial charge in [-0.05, 0) is 42.0 Å². The van der Waals surface area contributed by atoms with E-state index in [-0.39, 0.29) is 11.5 Å². The Hall–Kier alpha value is -1.74. The SMILES string of the molecule is O=C(OCc1cccc(S(=O)(=O)N2CCOCC2)c1)c1ccc(Br)cc1. The van der Waals surface area contributed by atoms with Crippen LogP contribution in [0.5, 0.6) is 0 Å². The molecule has 0 atom stereocenters. The highest BCUT2D eigenvalue weighted by molar-refractivity contribution is 9.10. The zero-order chi connectivity index (χ0) is 18.6. The van der Waals surface area contributed by atoms with E-state index in [1.807, 2.05) is 0 Å². The lowest BCUT2D eigenvalue weighted by Gasteiger charge is -2.26. The number of nitrogens with zero attached hydrogens (tertiary/aromatic N) is 1. The minimum atomic E-state index is -3.57. The molecule has 0 N–H and O–H groups in total. The Balaban J connectivity index is 1.69. The van der Waals surface area contributed by atoms with Gasteiger partial charge >= 0.3 is 5.97 Å². The van der Waals surface area contributed by atoms with Crippen LogP contribution in [0.3, 0.4) is 0 Å². The summed E-state index contributed by atoms with van der Waals surface area (Å²) in [5.41, 5.74) is 1.05. The molecule has 1 heterocycles. The van der Waals surface area contributed by atoms with Crippen molar-refractivity contribution in [2.24, 2.45) is 0 Å². The maximum Gasteiger partial charge on any atom is 0.338 e. The van der Waals surface area contributed by atoms with Crippen molar-refractivity contribution in [2.45, 2.75) is 11.5 Å². The molecule has 0 aromatic heterocycles. The van der Waals surface area contributed by atoms with E-state index in [9.17, 15) is 13.2 Å². The van der Waals surface area contributed by atoms with E-state index in [1.54, 1.807) is 48.5 Å². The van der Waals surface area contributed by atoms with Crippen molar-refractivity contribution in [1.82, 2.24) is 4.31 Å². The molecule has 3 rings (SSSR count). The number of hydrogen-bond acceptors (Lipinski definition) is 5. The summed E-state index contributed by atoms with van der Waals surface area (Å²) in [5.74, 6) is -0.459. The third-order valence-electron chi connectivity index (χ3n) is 3.96. The first kappa shape index (κ1) is 19.0. The van der Waals surface area contributed by atoms with Gasteiger partial charge in [-0.15, -0.1) is 0 Å². The van der Waals surface area contributed by atoms with E-state index in [0.29, 0.717) is 37.4 Å². The Bertz CT molecular complexity index is 877. The molecule has 1 aliphatic rings. The van der Waals surface area contributed by atoms with E-state index in [4.69, 9.17) is 9.47 Å². The Labute approximate surface area is 160 Å². The van der Waals surface area contributed by atoms with Gasteiger partial charge in [-0.25, -0.2) is 13.2 Å². The highest BCUT2D eigenvalue weighted by Crippen LogP contribution is 2.19. The molecular formula is C18H18BrNO5S. The number of carbonyl (C=O) groups is 1. The molecule has 0 unspecified atom stereocenters. The molecule has 26 heavy (non-hydrogen) atoms. The first-order chi connectivity index (χ1) is 12.5. The van der Waals surface area contributed by atoms with Crippen molar-refractivity contribution >= 4 is 31.9 Å². The van der Waals surface area contributed by atoms with Gasteiger partial charge in [-0.3, -0.25) is 0 Å². The third kappa shape index (κ3) is 4.50. The predicted molar refractivity (Wildman–Crippen MR) is 99.3 cm³/mol. The van der Waals surface area contributed by atoms with Gasteiger partial charge < -0.3 is 9.47 Å².